The van der Waals surface area contributed by atoms with Gasteiger partial charge in [-0.25, -0.2) is 9.59 Å². The normalized spacial score (nSPS) is 15.4. The van der Waals surface area contributed by atoms with E-state index in [1.807, 2.05) is 0 Å². The van der Waals surface area contributed by atoms with E-state index in [4.69, 9.17) is 5.11 Å². The summed E-state index contributed by atoms with van der Waals surface area (Å²) in [5.74, 6) is -0.917. The topological polar surface area (TPSA) is 98.7 Å². The fraction of sp³-hybridized carbons (Fsp3) is 0.500. The third-order valence-electron chi connectivity index (χ3n) is 4.66. The Morgan fingerprint density at radius 2 is 1.68 bits per heavy atom. The molecule has 0 radical (unpaired) electrons. The molecule has 0 saturated heterocycles. The molecule has 7 nitrogen and oxygen atoms in total. The molecular weight excluding hydrogens is 322 g/mol. The molecule has 136 valence electrons. The summed E-state index contributed by atoms with van der Waals surface area (Å²) in [6.45, 7) is 0.619. The minimum Gasteiger partial charge on any atom is -0.478 e. The second-order valence-corrected chi connectivity index (χ2v) is 6.73. The third kappa shape index (κ3) is 4.71. The smallest absolute Gasteiger partial charge is 0.335 e. The number of carbonyl (C=O) groups excluding carboxylic acids is 2. The molecule has 1 fully saturated rings. The van der Waals surface area contributed by atoms with Crippen LogP contribution in [0.1, 0.15) is 41.6 Å². The van der Waals surface area contributed by atoms with Crippen LogP contribution in [-0.2, 0) is 11.3 Å². The first-order chi connectivity index (χ1) is 11.8. The van der Waals surface area contributed by atoms with Gasteiger partial charge in [0.1, 0.15) is 0 Å². The molecule has 1 aromatic rings. The number of carboxylic acids is 1. The largest absolute Gasteiger partial charge is 0.478 e. The summed E-state index contributed by atoms with van der Waals surface area (Å²) in [6.07, 6.45) is 3.58. The molecule has 1 aliphatic rings. The number of carboxylic acid groups (broad SMARTS) is 1. The van der Waals surface area contributed by atoms with E-state index in [0.717, 1.165) is 31.2 Å². The first-order valence-electron chi connectivity index (χ1n) is 8.40. The molecule has 7 heteroatoms. The number of aromatic carboxylic acids is 1. The average Bonchev–Trinajstić information content (AvgIpc) is 3.07. The lowest BCUT2D eigenvalue weighted by molar-refractivity contribution is -0.138. The lowest BCUT2D eigenvalue weighted by atomic mass is 9.84. The van der Waals surface area contributed by atoms with Gasteiger partial charge in [-0.2, -0.15) is 0 Å². The summed E-state index contributed by atoms with van der Waals surface area (Å²) in [4.78, 5) is 36.9. The van der Waals surface area contributed by atoms with Gasteiger partial charge in [0.25, 0.3) is 0 Å². The summed E-state index contributed by atoms with van der Waals surface area (Å²) < 4.78 is 0. The van der Waals surface area contributed by atoms with Crippen LogP contribution in [0.5, 0.6) is 0 Å². The molecule has 0 aliphatic heterocycles. The van der Waals surface area contributed by atoms with Crippen LogP contribution in [0.2, 0.25) is 0 Å². The molecule has 0 spiro atoms. The highest BCUT2D eigenvalue weighted by atomic mass is 16.4. The molecule has 0 heterocycles. The maximum Gasteiger partial charge on any atom is 0.335 e. The zero-order valence-corrected chi connectivity index (χ0v) is 14.7. The van der Waals surface area contributed by atoms with Gasteiger partial charge < -0.3 is 20.6 Å². The van der Waals surface area contributed by atoms with E-state index in [9.17, 15) is 14.4 Å². The lowest BCUT2D eigenvalue weighted by Gasteiger charge is -2.30. The quantitative estimate of drug-likeness (QED) is 0.731. The van der Waals surface area contributed by atoms with Crippen LogP contribution in [0.15, 0.2) is 24.3 Å². The predicted octanol–water partition coefficient (Wildman–Crippen LogP) is 1.83. The highest BCUT2D eigenvalue weighted by molar-refractivity contribution is 5.87. The van der Waals surface area contributed by atoms with Crippen molar-refractivity contribution >= 4 is 17.9 Å². The number of rotatable bonds is 6. The van der Waals surface area contributed by atoms with Crippen molar-refractivity contribution in [2.24, 2.45) is 5.41 Å². The monoisotopic (exact) mass is 347 g/mol. The lowest BCUT2D eigenvalue weighted by Crippen LogP contribution is -2.48. The fourth-order valence-electron chi connectivity index (χ4n) is 3.25. The summed E-state index contributed by atoms with van der Waals surface area (Å²) in [7, 11) is 3.48. The molecule has 0 bridgehead atoms. The Balaban J connectivity index is 1.85. The molecule has 0 unspecified atom stereocenters. The molecule has 1 saturated carbocycles. The standard InChI is InChI=1S/C18H25N3O4/c1-21(2)16(24)18(9-3-4-10-18)12-20-17(25)19-11-13-5-7-14(8-6-13)15(22)23/h5-8H,3-4,9-12H2,1-2H3,(H,22,23)(H2,19,20,25). The van der Waals surface area contributed by atoms with E-state index >= 15 is 0 Å². The van der Waals surface area contributed by atoms with Gasteiger partial charge in [0.05, 0.1) is 11.0 Å². The van der Waals surface area contributed by atoms with Crippen molar-refractivity contribution in [1.29, 1.82) is 0 Å². The van der Waals surface area contributed by atoms with Crippen molar-refractivity contribution in [1.82, 2.24) is 15.5 Å². The predicted molar refractivity (Wildman–Crippen MR) is 93.2 cm³/mol. The van der Waals surface area contributed by atoms with E-state index in [2.05, 4.69) is 10.6 Å². The van der Waals surface area contributed by atoms with Crippen LogP contribution in [0.25, 0.3) is 0 Å². The van der Waals surface area contributed by atoms with Gasteiger partial charge in [0, 0.05) is 27.2 Å². The highest BCUT2D eigenvalue weighted by Gasteiger charge is 2.42. The number of benzene rings is 1. The van der Waals surface area contributed by atoms with Crippen molar-refractivity contribution < 1.29 is 19.5 Å². The Morgan fingerprint density at radius 1 is 1.08 bits per heavy atom. The Kier molecular flexibility index (Phi) is 6.01. The van der Waals surface area contributed by atoms with Gasteiger partial charge >= 0.3 is 12.0 Å². The van der Waals surface area contributed by atoms with E-state index < -0.39 is 11.4 Å². The van der Waals surface area contributed by atoms with Crippen LogP contribution < -0.4 is 10.6 Å². The van der Waals surface area contributed by atoms with Crippen LogP contribution in [0, 0.1) is 5.41 Å². The summed E-state index contributed by atoms with van der Waals surface area (Å²) in [5, 5.41) is 14.4. The van der Waals surface area contributed by atoms with Crippen LogP contribution in [-0.4, -0.2) is 48.6 Å². The molecule has 3 amide bonds. The van der Waals surface area contributed by atoms with E-state index in [-0.39, 0.29) is 17.5 Å². The minimum atomic E-state index is -0.982. The van der Waals surface area contributed by atoms with Gasteiger partial charge in [0.15, 0.2) is 0 Å². The van der Waals surface area contributed by atoms with Gasteiger partial charge in [-0.3, -0.25) is 4.79 Å². The number of nitrogens with one attached hydrogen (secondary N) is 2. The van der Waals surface area contributed by atoms with Crippen molar-refractivity contribution in [2.45, 2.75) is 32.2 Å². The van der Waals surface area contributed by atoms with Crippen molar-refractivity contribution in [3.63, 3.8) is 0 Å². The van der Waals surface area contributed by atoms with Crippen molar-refractivity contribution in [2.75, 3.05) is 20.6 Å². The third-order valence-corrected chi connectivity index (χ3v) is 4.66. The van der Waals surface area contributed by atoms with Gasteiger partial charge in [-0.1, -0.05) is 25.0 Å². The van der Waals surface area contributed by atoms with Gasteiger partial charge in [-0.15, -0.1) is 0 Å². The van der Waals surface area contributed by atoms with E-state index in [1.165, 1.54) is 12.1 Å². The second kappa shape index (κ2) is 8.00. The Hall–Kier alpha value is -2.57. The molecule has 3 N–H and O–H groups in total. The van der Waals surface area contributed by atoms with Crippen molar-refractivity contribution in [3.8, 4) is 0 Å². The number of carbonyl (C=O) groups is 3. The average molecular weight is 347 g/mol. The number of nitrogens with zero attached hydrogens (tertiary/aromatic N) is 1. The number of urea groups is 1. The summed E-state index contributed by atoms with van der Waals surface area (Å²) in [5.41, 5.74) is 0.517. The number of hydrogen-bond acceptors (Lipinski definition) is 3. The SMILES string of the molecule is CN(C)C(=O)C1(CNC(=O)NCc2ccc(C(=O)O)cc2)CCCC1. The van der Waals surface area contributed by atoms with Gasteiger partial charge in [0.2, 0.25) is 5.91 Å². The number of hydrogen-bond donors (Lipinski definition) is 3. The van der Waals surface area contributed by atoms with E-state index in [1.54, 1.807) is 31.1 Å². The zero-order valence-electron chi connectivity index (χ0n) is 14.7. The molecule has 0 atom stereocenters. The fourth-order valence-corrected chi connectivity index (χ4v) is 3.25. The number of amides is 3. The van der Waals surface area contributed by atoms with E-state index in [0.29, 0.717) is 13.1 Å². The van der Waals surface area contributed by atoms with Crippen molar-refractivity contribution in [3.05, 3.63) is 35.4 Å². The molecule has 1 aliphatic carbocycles. The molecule has 25 heavy (non-hydrogen) atoms. The Labute approximate surface area is 147 Å². The first-order valence-corrected chi connectivity index (χ1v) is 8.40. The highest BCUT2D eigenvalue weighted by Crippen LogP contribution is 2.38. The molecular formula is C18H25N3O4. The first kappa shape index (κ1) is 18.8. The maximum atomic E-state index is 12.5. The molecule has 2 rings (SSSR count). The van der Waals surface area contributed by atoms with Gasteiger partial charge in [-0.05, 0) is 30.5 Å². The maximum absolute atomic E-state index is 12.5. The minimum absolute atomic E-state index is 0.0644. The Morgan fingerprint density at radius 3 is 2.20 bits per heavy atom. The van der Waals surface area contributed by atoms with Crippen LogP contribution in [0.3, 0.4) is 0 Å². The van der Waals surface area contributed by atoms with Crippen LogP contribution >= 0.6 is 0 Å². The zero-order chi connectivity index (χ0) is 18.4. The second-order valence-electron chi connectivity index (χ2n) is 6.73. The Bertz CT molecular complexity index is 634. The molecule has 0 aromatic heterocycles. The molecule has 1 aromatic carbocycles. The summed E-state index contributed by atoms with van der Waals surface area (Å²) in [6, 6.07) is 6.00. The summed E-state index contributed by atoms with van der Waals surface area (Å²) >= 11 is 0. The van der Waals surface area contributed by atoms with Crippen LogP contribution in [0.4, 0.5) is 4.79 Å².